The van der Waals surface area contributed by atoms with Gasteiger partial charge in [-0.15, -0.1) is 11.3 Å². The minimum atomic E-state index is -0.0352. The fourth-order valence-electron chi connectivity index (χ4n) is 2.49. The Morgan fingerprint density at radius 2 is 2.30 bits per heavy atom. The van der Waals surface area contributed by atoms with Gasteiger partial charge in [-0.2, -0.15) is 0 Å². The normalized spacial score (nSPS) is 18.5. The van der Waals surface area contributed by atoms with E-state index in [4.69, 9.17) is 23.2 Å². The molecule has 0 bridgehead atoms. The number of likely N-dealkylation sites (tertiary alicyclic amines) is 1. The Labute approximate surface area is 131 Å². The van der Waals surface area contributed by atoms with Crippen LogP contribution in [0.3, 0.4) is 0 Å². The van der Waals surface area contributed by atoms with E-state index in [1.807, 2.05) is 16.3 Å². The van der Waals surface area contributed by atoms with Crippen LogP contribution in [0.15, 0.2) is 29.8 Å². The van der Waals surface area contributed by atoms with Crippen molar-refractivity contribution in [3.8, 4) is 0 Å². The molecule has 1 atom stereocenters. The van der Waals surface area contributed by atoms with E-state index in [0.717, 1.165) is 19.4 Å². The van der Waals surface area contributed by atoms with Crippen molar-refractivity contribution in [1.82, 2.24) is 9.88 Å². The maximum absolute atomic E-state index is 12.6. The molecule has 1 aliphatic heterocycles. The van der Waals surface area contributed by atoms with Crippen LogP contribution < -0.4 is 0 Å². The van der Waals surface area contributed by atoms with E-state index in [-0.39, 0.29) is 17.1 Å². The lowest BCUT2D eigenvalue weighted by Crippen LogP contribution is -2.30. The topological polar surface area (TPSA) is 33.2 Å². The highest BCUT2D eigenvalue weighted by atomic mass is 35.5. The summed E-state index contributed by atoms with van der Waals surface area (Å²) in [4.78, 5) is 19.7. The predicted octanol–water partition coefficient (Wildman–Crippen LogP) is 4.43. The van der Waals surface area contributed by atoms with Crippen LogP contribution in [0.25, 0.3) is 0 Å². The van der Waals surface area contributed by atoms with Gasteiger partial charge in [-0.25, -0.2) is 4.98 Å². The standard InChI is InChI=1S/C14H12Cl2N2OS/c15-10-7-9(8-17-13(10)16)14(19)18-5-1-3-11(18)12-4-2-6-20-12/h2,4,6-8,11H,1,3,5H2. The van der Waals surface area contributed by atoms with Crippen molar-refractivity contribution in [3.05, 3.63) is 50.4 Å². The lowest BCUT2D eigenvalue weighted by Gasteiger charge is -2.24. The second-order valence-electron chi connectivity index (χ2n) is 4.67. The van der Waals surface area contributed by atoms with E-state index in [1.54, 1.807) is 17.4 Å². The van der Waals surface area contributed by atoms with Crippen LogP contribution in [-0.2, 0) is 0 Å². The third-order valence-electron chi connectivity index (χ3n) is 3.43. The van der Waals surface area contributed by atoms with Gasteiger partial charge in [0.2, 0.25) is 0 Å². The molecule has 6 heteroatoms. The highest BCUT2D eigenvalue weighted by Crippen LogP contribution is 2.35. The number of hydrogen-bond acceptors (Lipinski definition) is 3. The lowest BCUT2D eigenvalue weighted by molar-refractivity contribution is 0.0737. The number of hydrogen-bond donors (Lipinski definition) is 0. The smallest absolute Gasteiger partial charge is 0.256 e. The Bertz CT molecular complexity index is 630. The Kier molecular flexibility index (Phi) is 3.96. The Morgan fingerprint density at radius 3 is 3.00 bits per heavy atom. The number of nitrogens with zero attached hydrogens (tertiary/aromatic N) is 2. The minimum absolute atomic E-state index is 0.0352. The molecule has 3 heterocycles. The summed E-state index contributed by atoms with van der Waals surface area (Å²) in [7, 11) is 0. The highest BCUT2D eigenvalue weighted by molar-refractivity contribution is 7.10. The molecule has 1 saturated heterocycles. The summed E-state index contributed by atoms with van der Waals surface area (Å²) in [6.45, 7) is 0.766. The number of carbonyl (C=O) groups excluding carboxylic acids is 1. The summed E-state index contributed by atoms with van der Waals surface area (Å²) in [5.41, 5.74) is 0.489. The molecule has 1 aliphatic rings. The molecular weight excluding hydrogens is 315 g/mol. The predicted molar refractivity (Wildman–Crippen MR) is 81.6 cm³/mol. The summed E-state index contributed by atoms with van der Waals surface area (Å²) in [5, 5.41) is 2.57. The average molecular weight is 327 g/mol. The number of aromatic nitrogens is 1. The Morgan fingerprint density at radius 1 is 1.45 bits per heavy atom. The van der Waals surface area contributed by atoms with Gasteiger partial charge in [0.1, 0.15) is 5.15 Å². The minimum Gasteiger partial charge on any atom is -0.331 e. The van der Waals surface area contributed by atoms with Crippen LogP contribution in [0, 0.1) is 0 Å². The van der Waals surface area contributed by atoms with Crippen molar-refractivity contribution in [1.29, 1.82) is 0 Å². The molecule has 0 aliphatic carbocycles. The molecule has 20 heavy (non-hydrogen) atoms. The third-order valence-corrected chi connectivity index (χ3v) is 5.09. The van der Waals surface area contributed by atoms with Crippen LogP contribution in [0.1, 0.15) is 34.1 Å². The van der Waals surface area contributed by atoms with Gasteiger partial charge >= 0.3 is 0 Å². The fraction of sp³-hybridized carbons (Fsp3) is 0.286. The van der Waals surface area contributed by atoms with Crippen LogP contribution >= 0.6 is 34.5 Å². The van der Waals surface area contributed by atoms with E-state index in [0.29, 0.717) is 10.6 Å². The van der Waals surface area contributed by atoms with Gasteiger partial charge in [0.15, 0.2) is 0 Å². The first-order valence-electron chi connectivity index (χ1n) is 6.32. The molecule has 3 nitrogen and oxygen atoms in total. The van der Waals surface area contributed by atoms with Crippen molar-refractivity contribution >= 4 is 40.4 Å². The lowest BCUT2D eigenvalue weighted by atomic mass is 10.1. The van der Waals surface area contributed by atoms with Crippen LogP contribution in [0.2, 0.25) is 10.2 Å². The molecule has 104 valence electrons. The van der Waals surface area contributed by atoms with Gasteiger partial charge in [-0.1, -0.05) is 29.3 Å². The summed E-state index contributed by atoms with van der Waals surface area (Å²) >= 11 is 13.4. The molecule has 1 fully saturated rings. The first kappa shape index (κ1) is 13.9. The molecule has 0 saturated carbocycles. The number of carbonyl (C=O) groups is 1. The maximum atomic E-state index is 12.6. The van der Waals surface area contributed by atoms with Crippen molar-refractivity contribution < 1.29 is 4.79 Å². The molecule has 0 N–H and O–H groups in total. The van der Waals surface area contributed by atoms with E-state index < -0.39 is 0 Å². The number of rotatable bonds is 2. The number of pyridine rings is 1. The van der Waals surface area contributed by atoms with E-state index in [2.05, 4.69) is 11.1 Å². The Balaban J connectivity index is 1.87. The van der Waals surface area contributed by atoms with Gasteiger partial charge in [-0.3, -0.25) is 4.79 Å². The van der Waals surface area contributed by atoms with E-state index in [1.165, 1.54) is 11.1 Å². The van der Waals surface area contributed by atoms with Crippen molar-refractivity contribution in [3.63, 3.8) is 0 Å². The molecule has 1 amide bonds. The first-order valence-corrected chi connectivity index (χ1v) is 7.96. The van der Waals surface area contributed by atoms with Gasteiger partial charge < -0.3 is 4.90 Å². The number of amides is 1. The van der Waals surface area contributed by atoms with Gasteiger partial charge in [-0.05, 0) is 30.4 Å². The van der Waals surface area contributed by atoms with Crippen molar-refractivity contribution in [2.75, 3.05) is 6.54 Å². The second-order valence-corrected chi connectivity index (χ2v) is 6.41. The summed E-state index contributed by atoms with van der Waals surface area (Å²) in [6, 6.07) is 5.84. The molecule has 3 rings (SSSR count). The van der Waals surface area contributed by atoms with Crippen LogP contribution in [0.4, 0.5) is 0 Å². The third kappa shape index (κ3) is 2.55. The number of halogens is 2. The first-order chi connectivity index (χ1) is 9.66. The zero-order valence-corrected chi connectivity index (χ0v) is 12.9. The molecule has 0 aromatic carbocycles. The number of thiophene rings is 1. The largest absolute Gasteiger partial charge is 0.331 e. The maximum Gasteiger partial charge on any atom is 0.256 e. The molecule has 2 aromatic heterocycles. The van der Waals surface area contributed by atoms with Gasteiger partial charge in [0.05, 0.1) is 16.6 Å². The summed E-state index contributed by atoms with van der Waals surface area (Å²) < 4.78 is 0. The molecule has 1 unspecified atom stereocenters. The molecule has 2 aromatic rings. The fourth-order valence-corrected chi connectivity index (χ4v) is 3.63. The molecule has 0 spiro atoms. The zero-order chi connectivity index (χ0) is 14.1. The summed E-state index contributed by atoms with van der Waals surface area (Å²) in [5.74, 6) is -0.0352. The summed E-state index contributed by atoms with van der Waals surface area (Å²) in [6.07, 6.45) is 3.50. The van der Waals surface area contributed by atoms with E-state index >= 15 is 0 Å². The van der Waals surface area contributed by atoms with Gasteiger partial charge in [0.25, 0.3) is 5.91 Å². The van der Waals surface area contributed by atoms with Gasteiger partial charge in [0, 0.05) is 17.6 Å². The van der Waals surface area contributed by atoms with Crippen molar-refractivity contribution in [2.45, 2.75) is 18.9 Å². The zero-order valence-electron chi connectivity index (χ0n) is 10.6. The molecule has 0 radical (unpaired) electrons. The Hall–Kier alpha value is -1.10. The molecular formula is C14H12Cl2N2OS. The SMILES string of the molecule is O=C(c1cnc(Cl)c(Cl)c1)N1CCCC1c1cccs1. The monoisotopic (exact) mass is 326 g/mol. The second kappa shape index (κ2) is 5.72. The van der Waals surface area contributed by atoms with Crippen LogP contribution in [-0.4, -0.2) is 22.3 Å². The quantitative estimate of drug-likeness (QED) is 0.765. The highest BCUT2D eigenvalue weighted by Gasteiger charge is 2.31. The van der Waals surface area contributed by atoms with Crippen LogP contribution in [0.5, 0.6) is 0 Å². The average Bonchev–Trinajstić information content (AvgIpc) is 3.10. The van der Waals surface area contributed by atoms with E-state index in [9.17, 15) is 4.79 Å². The van der Waals surface area contributed by atoms with Crippen molar-refractivity contribution in [2.24, 2.45) is 0 Å².